The molecule has 0 spiro atoms. The van der Waals surface area contributed by atoms with Gasteiger partial charge in [-0.05, 0) is 122 Å². The van der Waals surface area contributed by atoms with Crippen molar-refractivity contribution in [2.75, 3.05) is 13.2 Å². The lowest BCUT2D eigenvalue weighted by atomic mass is 10.1. The first kappa shape index (κ1) is 71.6. The highest BCUT2D eigenvalue weighted by Gasteiger charge is 2.19. The molecular formula is C69H120O6. The van der Waals surface area contributed by atoms with Crippen LogP contribution in [0, 0.1) is 0 Å². The van der Waals surface area contributed by atoms with Crippen LogP contribution in [0.1, 0.15) is 316 Å². The molecule has 6 heteroatoms. The van der Waals surface area contributed by atoms with E-state index in [9.17, 15) is 14.4 Å². The first-order chi connectivity index (χ1) is 37.0. The summed E-state index contributed by atoms with van der Waals surface area (Å²) in [5.41, 5.74) is 0. The molecule has 0 N–H and O–H groups in total. The zero-order chi connectivity index (χ0) is 54.3. The van der Waals surface area contributed by atoms with E-state index in [4.69, 9.17) is 14.2 Å². The van der Waals surface area contributed by atoms with E-state index >= 15 is 0 Å². The van der Waals surface area contributed by atoms with Gasteiger partial charge in [0.2, 0.25) is 0 Å². The molecule has 0 radical (unpaired) electrons. The SMILES string of the molecule is CCCCC/C=C\C/C=C\CCCCCCCCCC(=O)OC(COC(=O)CCCCCCC/C=C\C/C=C\CCCCC)COC(=O)CCCCCCCCCCCC/C=C\C/C=C\C/C=C\CCCCCCC. The number of hydrogen-bond donors (Lipinski definition) is 0. The van der Waals surface area contributed by atoms with Crippen LogP contribution < -0.4 is 0 Å². The summed E-state index contributed by atoms with van der Waals surface area (Å²) in [5, 5.41) is 0. The van der Waals surface area contributed by atoms with Crippen molar-refractivity contribution in [2.24, 2.45) is 0 Å². The molecule has 0 amide bonds. The zero-order valence-corrected chi connectivity index (χ0v) is 49.6. The van der Waals surface area contributed by atoms with E-state index in [0.29, 0.717) is 19.3 Å². The van der Waals surface area contributed by atoms with Crippen molar-refractivity contribution in [2.45, 2.75) is 322 Å². The van der Waals surface area contributed by atoms with E-state index in [1.165, 1.54) is 173 Å². The molecule has 75 heavy (non-hydrogen) atoms. The van der Waals surface area contributed by atoms with E-state index in [1.807, 2.05) is 0 Å². The summed E-state index contributed by atoms with van der Waals surface area (Å²) in [4.78, 5) is 38.3. The topological polar surface area (TPSA) is 78.9 Å². The maximum Gasteiger partial charge on any atom is 0.306 e. The molecule has 0 aliphatic carbocycles. The van der Waals surface area contributed by atoms with Gasteiger partial charge in [0.25, 0.3) is 0 Å². The van der Waals surface area contributed by atoms with Gasteiger partial charge >= 0.3 is 17.9 Å². The maximum absolute atomic E-state index is 12.9. The highest BCUT2D eigenvalue weighted by atomic mass is 16.6. The van der Waals surface area contributed by atoms with E-state index in [-0.39, 0.29) is 31.1 Å². The van der Waals surface area contributed by atoms with Crippen LogP contribution >= 0.6 is 0 Å². The molecule has 0 aromatic heterocycles. The van der Waals surface area contributed by atoms with E-state index in [0.717, 1.165) is 103 Å². The summed E-state index contributed by atoms with van der Waals surface area (Å²) in [6, 6.07) is 0. The Hall–Kier alpha value is -3.41. The molecule has 0 saturated carbocycles. The van der Waals surface area contributed by atoms with Crippen LogP contribution in [0.15, 0.2) is 85.1 Å². The Morgan fingerprint density at radius 2 is 0.480 bits per heavy atom. The van der Waals surface area contributed by atoms with Gasteiger partial charge in [-0.15, -0.1) is 0 Å². The van der Waals surface area contributed by atoms with Crippen LogP contribution in [0.3, 0.4) is 0 Å². The lowest BCUT2D eigenvalue weighted by Crippen LogP contribution is -2.30. The number of rotatable bonds is 58. The van der Waals surface area contributed by atoms with E-state index in [1.54, 1.807) is 0 Å². The first-order valence-electron chi connectivity index (χ1n) is 32.1. The van der Waals surface area contributed by atoms with Crippen molar-refractivity contribution in [3.63, 3.8) is 0 Å². The monoisotopic (exact) mass is 1040 g/mol. The van der Waals surface area contributed by atoms with Gasteiger partial charge < -0.3 is 14.2 Å². The number of allylic oxidation sites excluding steroid dienone is 14. The molecule has 0 aliphatic rings. The minimum absolute atomic E-state index is 0.0858. The molecule has 1 atom stereocenters. The van der Waals surface area contributed by atoms with Gasteiger partial charge in [-0.1, -0.05) is 260 Å². The molecule has 0 heterocycles. The molecule has 0 bridgehead atoms. The molecule has 0 saturated heterocycles. The average molecular weight is 1050 g/mol. The van der Waals surface area contributed by atoms with Crippen molar-refractivity contribution in [3.05, 3.63) is 85.1 Å². The van der Waals surface area contributed by atoms with Gasteiger partial charge in [0.05, 0.1) is 0 Å². The summed E-state index contributed by atoms with van der Waals surface area (Å²) in [7, 11) is 0. The van der Waals surface area contributed by atoms with Crippen LogP contribution in [0.25, 0.3) is 0 Å². The van der Waals surface area contributed by atoms with Crippen molar-refractivity contribution >= 4 is 17.9 Å². The van der Waals surface area contributed by atoms with Gasteiger partial charge in [-0.3, -0.25) is 14.4 Å². The zero-order valence-electron chi connectivity index (χ0n) is 49.6. The minimum Gasteiger partial charge on any atom is -0.462 e. The molecule has 0 fully saturated rings. The Bertz CT molecular complexity index is 1430. The van der Waals surface area contributed by atoms with Crippen LogP contribution in [0.2, 0.25) is 0 Å². The largest absolute Gasteiger partial charge is 0.462 e. The second-order valence-electron chi connectivity index (χ2n) is 21.3. The van der Waals surface area contributed by atoms with Crippen LogP contribution in [-0.4, -0.2) is 37.2 Å². The third-order valence-electron chi connectivity index (χ3n) is 13.8. The molecule has 0 aromatic carbocycles. The summed E-state index contributed by atoms with van der Waals surface area (Å²) < 4.78 is 16.9. The van der Waals surface area contributed by atoms with E-state index in [2.05, 4.69) is 106 Å². The van der Waals surface area contributed by atoms with Gasteiger partial charge in [0, 0.05) is 19.3 Å². The molecule has 0 aliphatic heterocycles. The number of carbonyl (C=O) groups excluding carboxylic acids is 3. The van der Waals surface area contributed by atoms with E-state index < -0.39 is 6.10 Å². The second kappa shape index (κ2) is 63.1. The van der Waals surface area contributed by atoms with Crippen molar-refractivity contribution in [1.29, 1.82) is 0 Å². The highest BCUT2D eigenvalue weighted by molar-refractivity contribution is 5.71. The Balaban J connectivity index is 4.35. The third-order valence-corrected chi connectivity index (χ3v) is 13.8. The third kappa shape index (κ3) is 61.3. The number of esters is 3. The van der Waals surface area contributed by atoms with Crippen LogP contribution in [0.4, 0.5) is 0 Å². The predicted molar refractivity (Wildman–Crippen MR) is 325 cm³/mol. The summed E-state index contributed by atoms with van der Waals surface area (Å²) >= 11 is 0. The normalized spacial score (nSPS) is 12.6. The molecular weight excluding hydrogens is 925 g/mol. The number of unbranched alkanes of at least 4 members (excludes halogenated alkanes) is 33. The predicted octanol–water partition coefficient (Wildman–Crippen LogP) is 21.9. The number of ether oxygens (including phenoxy) is 3. The Labute approximate surface area is 465 Å². The molecule has 0 aromatic rings. The fraction of sp³-hybridized carbons (Fsp3) is 0.754. The highest BCUT2D eigenvalue weighted by Crippen LogP contribution is 2.16. The van der Waals surface area contributed by atoms with Crippen molar-refractivity contribution < 1.29 is 28.6 Å². The minimum atomic E-state index is -0.790. The van der Waals surface area contributed by atoms with Gasteiger partial charge in [0.1, 0.15) is 13.2 Å². The average Bonchev–Trinajstić information content (AvgIpc) is 3.41. The van der Waals surface area contributed by atoms with Gasteiger partial charge in [0.15, 0.2) is 6.10 Å². The van der Waals surface area contributed by atoms with Gasteiger partial charge in [-0.2, -0.15) is 0 Å². The van der Waals surface area contributed by atoms with Crippen LogP contribution in [0.5, 0.6) is 0 Å². The Morgan fingerprint density at radius 1 is 0.267 bits per heavy atom. The molecule has 0 rings (SSSR count). The standard InChI is InChI=1S/C69H120O6/c1-4-7-10-13-16-19-22-25-28-30-31-32-33-34-35-36-37-39-41-44-47-50-53-56-59-62-68(71)74-65-66(64-73-67(70)61-58-55-52-49-46-43-40-27-24-21-18-15-12-9-6-3)75-69(72)63-60-57-54-51-48-45-42-38-29-26-23-20-17-14-11-8-5-2/h17-18,20-22,25-27,29-31,33-34,40,66H,4-16,19,23-24,28,32,35-39,41-65H2,1-3H3/b20-17-,21-18-,25-22-,29-26-,31-30-,34-33-,40-27-. The summed E-state index contributed by atoms with van der Waals surface area (Å²) in [6.07, 6.45) is 82.9. The Kier molecular flexibility index (Phi) is 60.3. The van der Waals surface area contributed by atoms with Crippen molar-refractivity contribution in [3.8, 4) is 0 Å². The lowest BCUT2D eigenvalue weighted by molar-refractivity contribution is -0.167. The second-order valence-corrected chi connectivity index (χ2v) is 21.3. The Morgan fingerprint density at radius 3 is 0.773 bits per heavy atom. The summed E-state index contributed by atoms with van der Waals surface area (Å²) in [6.45, 7) is 6.58. The van der Waals surface area contributed by atoms with Crippen LogP contribution in [-0.2, 0) is 28.6 Å². The number of carbonyl (C=O) groups is 3. The molecule has 6 nitrogen and oxygen atoms in total. The maximum atomic E-state index is 12.9. The summed E-state index contributed by atoms with van der Waals surface area (Å²) in [5.74, 6) is -0.901. The fourth-order valence-corrected chi connectivity index (χ4v) is 8.98. The van der Waals surface area contributed by atoms with Crippen molar-refractivity contribution in [1.82, 2.24) is 0 Å². The smallest absolute Gasteiger partial charge is 0.306 e. The molecule has 1 unspecified atom stereocenters. The quantitative estimate of drug-likeness (QED) is 0.0261. The van der Waals surface area contributed by atoms with Gasteiger partial charge in [-0.25, -0.2) is 0 Å². The number of hydrogen-bond acceptors (Lipinski definition) is 6. The molecule has 432 valence electrons. The first-order valence-corrected chi connectivity index (χ1v) is 32.1. The fourth-order valence-electron chi connectivity index (χ4n) is 8.98. The lowest BCUT2D eigenvalue weighted by Gasteiger charge is -2.18.